The van der Waals surface area contributed by atoms with E-state index >= 15 is 0 Å². The van der Waals surface area contributed by atoms with Gasteiger partial charge in [-0.3, -0.25) is 10.1 Å². The molecule has 0 saturated carbocycles. The van der Waals surface area contributed by atoms with Crippen molar-refractivity contribution in [2.75, 3.05) is 11.6 Å². The molecule has 110 valence electrons. The van der Waals surface area contributed by atoms with Gasteiger partial charge in [-0.05, 0) is 18.4 Å². The lowest BCUT2D eigenvalue weighted by atomic mass is 10.2. The van der Waals surface area contributed by atoms with Crippen LogP contribution in [0.5, 0.6) is 0 Å². The van der Waals surface area contributed by atoms with Crippen LogP contribution in [0.1, 0.15) is 10.4 Å². The molecule has 1 amide bonds. The summed E-state index contributed by atoms with van der Waals surface area (Å²) in [6.45, 7) is 0. The zero-order chi connectivity index (χ0) is 15.4. The maximum absolute atomic E-state index is 12.4. The van der Waals surface area contributed by atoms with Crippen molar-refractivity contribution in [1.82, 2.24) is 10.2 Å². The van der Waals surface area contributed by atoms with E-state index in [0.29, 0.717) is 10.7 Å². The van der Waals surface area contributed by atoms with Crippen molar-refractivity contribution in [3.05, 3.63) is 60.2 Å². The maximum Gasteiger partial charge on any atom is 0.258 e. The molecule has 0 aliphatic heterocycles. The first-order valence-electron chi connectivity index (χ1n) is 6.61. The van der Waals surface area contributed by atoms with Crippen LogP contribution in [0, 0.1) is 0 Å². The van der Waals surface area contributed by atoms with E-state index in [2.05, 4.69) is 15.5 Å². The molecule has 0 atom stereocenters. The monoisotopic (exact) mass is 327 g/mol. The average molecular weight is 327 g/mol. The molecule has 0 radical (unpaired) electrons. The zero-order valence-electron chi connectivity index (χ0n) is 11.8. The second-order valence-corrected chi connectivity index (χ2v) is 6.26. The molecule has 1 aromatic heterocycles. The molecular formula is C16H13N3OS2. The van der Waals surface area contributed by atoms with Gasteiger partial charge in [-0.25, -0.2) is 0 Å². The van der Waals surface area contributed by atoms with E-state index < -0.39 is 0 Å². The summed E-state index contributed by atoms with van der Waals surface area (Å²) in [4.78, 5) is 13.3. The highest BCUT2D eigenvalue weighted by Gasteiger charge is 2.13. The Bertz CT molecular complexity index is 787. The smallest absolute Gasteiger partial charge is 0.258 e. The first kappa shape index (κ1) is 14.7. The molecular weight excluding hydrogens is 314 g/mol. The molecule has 22 heavy (non-hydrogen) atoms. The summed E-state index contributed by atoms with van der Waals surface area (Å²) < 4.78 is 0. The lowest BCUT2D eigenvalue weighted by Gasteiger charge is -2.05. The molecule has 2 aromatic carbocycles. The first-order chi connectivity index (χ1) is 10.8. The fourth-order valence-electron chi connectivity index (χ4n) is 1.97. The highest BCUT2D eigenvalue weighted by atomic mass is 32.2. The van der Waals surface area contributed by atoms with Crippen LogP contribution in [0.25, 0.3) is 10.6 Å². The molecule has 3 aromatic rings. The van der Waals surface area contributed by atoms with Gasteiger partial charge in [-0.2, -0.15) is 0 Å². The van der Waals surface area contributed by atoms with E-state index in [9.17, 15) is 4.79 Å². The topological polar surface area (TPSA) is 54.9 Å². The van der Waals surface area contributed by atoms with Gasteiger partial charge in [0.15, 0.2) is 0 Å². The minimum atomic E-state index is -0.166. The molecule has 1 heterocycles. The van der Waals surface area contributed by atoms with Gasteiger partial charge < -0.3 is 0 Å². The molecule has 0 aliphatic carbocycles. The highest BCUT2D eigenvalue weighted by Crippen LogP contribution is 2.27. The number of hydrogen-bond donors (Lipinski definition) is 1. The summed E-state index contributed by atoms with van der Waals surface area (Å²) in [7, 11) is 0. The van der Waals surface area contributed by atoms with E-state index in [-0.39, 0.29) is 5.91 Å². The second-order valence-electron chi connectivity index (χ2n) is 4.43. The fraction of sp³-hybridized carbons (Fsp3) is 0.0625. The molecule has 4 nitrogen and oxygen atoms in total. The number of anilines is 1. The summed E-state index contributed by atoms with van der Waals surface area (Å²) in [5.74, 6) is -0.166. The average Bonchev–Trinajstić information content (AvgIpc) is 3.04. The molecule has 0 saturated heterocycles. The highest BCUT2D eigenvalue weighted by molar-refractivity contribution is 7.98. The van der Waals surface area contributed by atoms with Gasteiger partial charge in [0.2, 0.25) is 5.13 Å². The summed E-state index contributed by atoms with van der Waals surface area (Å²) in [5, 5.41) is 12.3. The summed E-state index contributed by atoms with van der Waals surface area (Å²) in [5.41, 5.74) is 1.64. The van der Waals surface area contributed by atoms with Gasteiger partial charge in [0.25, 0.3) is 5.91 Å². The Kier molecular flexibility index (Phi) is 4.50. The Morgan fingerprint density at radius 2 is 1.77 bits per heavy atom. The van der Waals surface area contributed by atoms with Gasteiger partial charge >= 0.3 is 0 Å². The Morgan fingerprint density at radius 1 is 1.05 bits per heavy atom. The van der Waals surface area contributed by atoms with E-state index in [1.165, 1.54) is 11.3 Å². The van der Waals surface area contributed by atoms with Gasteiger partial charge in [0, 0.05) is 10.5 Å². The summed E-state index contributed by atoms with van der Waals surface area (Å²) in [6.07, 6.45) is 1.95. The fourth-order valence-corrected chi connectivity index (χ4v) is 3.31. The van der Waals surface area contributed by atoms with Gasteiger partial charge in [-0.15, -0.1) is 22.0 Å². The minimum absolute atomic E-state index is 0.166. The second kappa shape index (κ2) is 6.72. The third kappa shape index (κ3) is 3.18. The molecule has 1 N–H and O–H groups in total. The maximum atomic E-state index is 12.4. The van der Waals surface area contributed by atoms with Gasteiger partial charge in [0.1, 0.15) is 5.01 Å². The molecule has 0 spiro atoms. The lowest BCUT2D eigenvalue weighted by molar-refractivity contribution is 0.102. The van der Waals surface area contributed by atoms with Crippen LogP contribution in [0.4, 0.5) is 5.13 Å². The van der Waals surface area contributed by atoms with Crippen molar-refractivity contribution in [1.29, 1.82) is 0 Å². The van der Waals surface area contributed by atoms with Crippen LogP contribution in [0.15, 0.2) is 59.5 Å². The number of carbonyl (C=O) groups is 1. The number of nitrogens with zero attached hydrogens (tertiary/aromatic N) is 2. The number of nitrogens with one attached hydrogen (secondary N) is 1. The number of thioether (sulfide) groups is 1. The van der Waals surface area contributed by atoms with Gasteiger partial charge in [-0.1, -0.05) is 53.8 Å². The van der Waals surface area contributed by atoms with E-state index in [1.807, 2.05) is 54.8 Å². The third-order valence-corrected chi connectivity index (χ3v) is 4.70. The number of aromatic nitrogens is 2. The Morgan fingerprint density at radius 3 is 2.55 bits per heavy atom. The van der Waals surface area contributed by atoms with Crippen LogP contribution in [0.3, 0.4) is 0 Å². The van der Waals surface area contributed by atoms with E-state index in [0.717, 1.165) is 15.5 Å². The number of carbonyl (C=O) groups excluding carboxylic acids is 1. The standard InChI is InChI=1S/C16H13N3OS2/c1-21-13-10-6-5-9-12(13)14(20)17-16-19-18-15(22-16)11-7-3-2-4-8-11/h2-10H,1H3,(H,17,19,20). The molecule has 6 heteroatoms. The Hall–Kier alpha value is -2.18. The number of hydrogen-bond acceptors (Lipinski definition) is 5. The predicted molar refractivity (Wildman–Crippen MR) is 91.5 cm³/mol. The third-order valence-electron chi connectivity index (χ3n) is 3.02. The summed E-state index contributed by atoms with van der Waals surface area (Å²) in [6, 6.07) is 17.3. The number of benzene rings is 2. The quantitative estimate of drug-likeness (QED) is 0.730. The van der Waals surface area contributed by atoms with Crippen molar-refractivity contribution < 1.29 is 4.79 Å². The van der Waals surface area contributed by atoms with Gasteiger partial charge in [0.05, 0.1) is 5.56 Å². The molecule has 3 rings (SSSR count). The van der Waals surface area contributed by atoms with Crippen molar-refractivity contribution in [2.45, 2.75) is 4.90 Å². The minimum Gasteiger partial charge on any atom is -0.296 e. The van der Waals surface area contributed by atoms with Crippen molar-refractivity contribution >= 4 is 34.1 Å². The van der Waals surface area contributed by atoms with Crippen LogP contribution in [-0.2, 0) is 0 Å². The largest absolute Gasteiger partial charge is 0.296 e. The molecule has 0 fully saturated rings. The lowest BCUT2D eigenvalue weighted by Crippen LogP contribution is -2.12. The number of rotatable bonds is 4. The normalized spacial score (nSPS) is 10.4. The van der Waals surface area contributed by atoms with Crippen molar-refractivity contribution in [3.63, 3.8) is 0 Å². The first-order valence-corrected chi connectivity index (χ1v) is 8.65. The summed E-state index contributed by atoms with van der Waals surface area (Å²) >= 11 is 2.90. The zero-order valence-corrected chi connectivity index (χ0v) is 13.4. The van der Waals surface area contributed by atoms with Crippen molar-refractivity contribution in [3.8, 4) is 10.6 Å². The van der Waals surface area contributed by atoms with Crippen molar-refractivity contribution in [2.24, 2.45) is 0 Å². The van der Waals surface area contributed by atoms with Crippen LogP contribution < -0.4 is 5.32 Å². The van der Waals surface area contributed by atoms with Crippen LogP contribution in [-0.4, -0.2) is 22.4 Å². The SMILES string of the molecule is CSc1ccccc1C(=O)Nc1nnc(-c2ccccc2)s1. The Labute approximate surface area is 136 Å². The van der Waals surface area contributed by atoms with E-state index in [1.54, 1.807) is 17.8 Å². The predicted octanol–water partition coefficient (Wildman–Crippen LogP) is 4.18. The van der Waals surface area contributed by atoms with Crippen LogP contribution >= 0.6 is 23.1 Å². The molecule has 0 bridgehead atoms. The van der Waals surface area contributed by atoms with Crippen LogP contribution in [0.2, 0.25) is 0 Å². The number of amides is 1. The van der Waals surface area contributed by atoms with E-state index in [4.69, 9.17) is 0 Å². The molecule has 0 unspecified atom stereocenters. The Balaban J connectivity index is 1.79. The molecule has 0 aliphatic rings.